The molecule has 6 nitrogen and oxygen atoms in total. The van der Waals surface area contributed by atoms with Gasteiger partial charge in [-0.25, -0.2) is 4.79 Å². The summed E-state index contributed by atoms with van der Waals surface area (Å²) in [6.07, 6.45) is -0.561. The summed E-state index contributed by atoms with van der Waals surface area (Å²) < 4.78 is 11.3. The predicted octanol–water partition coefficient (Wildman–Crippen LogP) is 3.65. The van der Waals surface area contributed by atoms with E-state index in [-0.39, 0.29) is 24.6 Å². The van der Waals surface area contributed by atoms with Crippen LogP contribution in [0.1, 0.15) is 50.9 Å². The number of Topliss-reactive ketones (excluding diaryl/α,β-unsaturated/α-hetero) is 2. The van der Waals surface area contributed by atoms with Gasteiger partial charge in [0.25, 0.3) is 0 Å². The molecule has 156 valence electrons. The number of para-hydroxylation sites is 1. The Morgan fingerprint density at radius 3 is 2.63 bits per heavy atom. The van der Waals surface area contributed by atoms with Crippen molar-refractivity contribution in [1.82, 2.24) is 0 Å². The number of hydrogen-bond donors (Lipinski definition) is 0. The average Bonchev–Trinajstić information content (AvgIpc) is 2.67. The molecule has 1 aliphatic heterocycles. The number of hydrogen-bond acceptors (Lipinski definition) is 6. The fraction of sp³-hybridized carbons (Fsp3) is 0.500. The Morgan fingerprint density at radius 2 is 1.97 bits per heavy atom. The van der Waals surface area contributed by atoms with Crippen molar-refractivity contribution in [2.75, 3.05) is 6.61 Å². The van der Waals surface area contributed by atoms with E-state index in [0.717, 1.165) is 5.57 Å². The zero-order valence-corrected chi connectivity index (χ0v) is 17.7. The van der Waals surface area contributed by atoms with E-state index in [0.29, 0.717) is 23.3 Å². The first-order valence-electron chi connectivity index (χ1n) is 10.3. The van der Waals surface area contributed by atoms with Gasteiger partial charge < -0.3 is 9.47 Å². The number of ether oxygens (including phenoxy) is 2. The zero-order chi connectivity index (χ0) is 21.8. The normalized spacial score (nSPS) is 31.6. The molecule has 0 amide bonds. The molecule has 1 fully saturated rings. The van der Waals surface area contributed by atoms with Crippen LogP contribution < -0.4 is 4.74 Å². The monoisotopic (exact) mass is 407 g/mol. The van der Waals surface area contributed by atoms with Crippen LogP contribution in [0.2, 0.25) is 0 Å². The van der Waals surface area contributed by atoms with Crippen LogP contribution in [0.5, 0.6) is 5.75 Å². The van der Waals surface area contributed by atoms with E-state index >= 15 is 0 Å². The molecule has 3 aliphatic rings. The summed E-state index contributed by atoms with van der Waals surface area (Å²) in [4.78, 5) is 39.7. The van der Waals surface area contributed by atoms with E-state index in [1.54, 1.807) is 31.2 Å². The summed E-state index contributed by atoms with van der Waals surface area (Å²) >= 11 is 0. The molecule has 2 aliphatic carbocycles. The minimum Gasteiger partial charge on any atom is -0.487 e. The van der Waals surface area contributed by atoms with Gasteiger partial charge in [0.1, 0.15) is 17.6 Å². The molecule has 0 saturated heterocycles. The Balaban J connectivity index is 1.90. The lowest BCUT2D eigenvalue weighted by molar-refractivity contribution is -0.146. The molecule has 0 N–H and O–H groups in total. The first-order chi connectivity index (χ1) is 14.2. The second-order valence-electron chi connectivity index (χ2n) is 8.97. The van der Waals surface area contributed by atoms with Crippen molar-refractivity contribution in [3.05, 3.63) is 41.0 Å². The second-order valence-corrected chi connectivity index (χ2v) is 8.97. The number of rotatable bonds is 2. The Kier molecular flexibility index (Phi) is 4.61. The smallest absolute Gasteiger partial charge is 0.334 e. The van der Waals surface area contributed by atoms with Gasteiger partial charge in [0, 0.05) is 29.2 Å². The van der Waals surface area contributed by atoms with E-state index in [1.165, 1.54) is 0 Å². The number of benzene rings is 1. The van der Waals surface area contributed by atoms with Crippen LogP contribution in [0.4, 0.5) is 0 Å². The maximum atomic E-state index is 13.7. The standard InChI is InChI=1S/C24H25NO5/c1-5-29-22(28)19-13(2)10-15-20(23(19,3)4)16(26)11-18-24(15,12-25)21(27)14-8-6-7-9-17(14)30-18/h6-9,15,18,20H,5,10-11H2,1-4H3/t15?,18-,20?,24+/m1/s1. The highest BCUT2D eigenvalue weighted by molar-refractivity contribution is 6.08. The predicted molar refractivity (Wildman–Crippen MR) is 108 cm³/mol. The van der Waals surface area contributed by atoms with E-state index in [4.69, 9.17) is 9.47 Å². The van der Waals surface area contributed by atoms with Crippen molar-refractivity contribution < 1.29 is 23.9 Å². The highest BCUT2D eigenvalue weighted by Crippen LogP contribution is 2.60. The molecule has 0 bridgehead atoms. The van der Waals surface area contributed by atoms with Gasteiger partial charge in [-0.3, -0.25) is 9.59 Å². The molecule has 0 aromatic heterocycles. The third-order valence-electron chi connectivity index (χ3n) is 7.04. The Hall–Kier alpha value is -2.94. The topological polar surface area (TPSA) is 93.5 Å². The summed E-state index contributed by atoms with van der Waals surface area (Å²) in [5, 5.41) is 10.3. The van der Waals surface area contributed by atoms with Gasteiger partial charge in [0.05, 0.1) is 18.2 Å². The van der Waals surface area contributed by atoms with Gasteiger partial charge in [-0.15, -0.1) is 0 Å². The van der Waals surface area contributed by atoms with Gasteiger partial charge >= 0.3 is 5.97 Å². The van der Waals surface area contributed by atoms with Crippen molar-refractivity contribution in [3.63, 3.8) is 0 Å². The van der Waals surface area contributed by atoms with Crippen molar-refractivity contribution in [3.8, 4) is 11.8 Å². The Morgan fingerprint density at radius 1 is 1.27 bits per heavy atom. The van der Waals surface area contributed by atoms with E-state index in [9.17, 15) is 19.6 Å². The molecular weight excluding hydrogens is 382 g/mol. The quantitative estimate of drug-likeness (QED) is 0.695. The average molecular weight is 407 g/mol. The molecule has 1 heterocycles. The molecule has 2 unspecified atom stereocenters. The first kappa shape index (κ1) is 20.3. The SMILES string of the molecule is CCOC(=O)C1=C(C)CC2C(C(=O)C[C@H]3Oc4ccccc4C(=O)[C@@]23C#N)C1(C)C. The molecule has 4 rings (SSSR count). The lowest BCUT2D eigenvalue weighted by atomic mass is 9.47. The minimum absolute atomic E-state index is 0.0343. The summed E-state index contributed by atoms with van der Waals surface area (Å²) in [6.45, 7) is 7.48. The molecule has 4 atom stereocenters. The van der Waals surface area contributed by atoms with Crippen molar-refractivity contribution in [2.24, 2.45) is 22.7 Å². The largest absolute Gasteiger partial charge is 0.487 e. The number of esters is 1. The third kappa shape index (κ3) is 2.51. The Labute approximate surface area is 175 Å². The van der Waals surface area contributed by atoms with Gasteiger partial charge in [0.15, 0.2) is 11.2 Å². The summed E-state index contributed by atoms with van der Waals surface area (Å²) in [6, 6.07) is 9.16. The third-order valence-corrected chi connectivity index (χ3v) is 7.04. The van der Waals surface area contributed by atoms with Crippen LogP contribution in [0.25, 0.3) is 0 Å². The van der Waals surface area contributed by atoms with Crippen molar-refractivity contribution >= 4 is 17.5 Å². The number of ketones is 2. The molecule has 1 saturated carbocycles. The van der Waals surface area contributed by atoms with Gasteiger partial charge in [-0.05, 0) is 32.4 Å². The molecule has 0 spiro atoms. The van der Waals surface area contributed by atoms with E-state index < -0.39 is 34.7 Å². The van der Waals surface area contributed by atoms with Crippen LogP contribution in [0.3, 0.4) is 0 Å². The lowest BCUT2D eigenvalue weighted by Gasteiger charge is -2.55. The van der Waals surface area contributed by atoms with Gasteiger partial charge in [-0.1, -0.05) is 31.6 Å². The fourth-order valence-electron chi connectivity index (χ4n) is 5.95. The second kappa shape index (κ2) is 6.80. The van der Waals surface area contributed by atoms with Crippen LogP contribution in [0, 0.1) is 34.0 Å². The van der Waals surface area contributed by atoms with Gasteiger partial charge in [0.2, 0.25) is 0 Å². The van der Waals surface area contributed by atoms with Crippen LogP contribution >= 0.6 is 0 Å². The molecule has 30 heavy (non-hydrogen) atoms. The number of nitrogens with zero attached hydrogens (tertiary/aromatic N) is 1. The van der Waals surface area contributed by atoms with E-state index in [2.05, 4.69) is 6.07 Å². The first-order valence-corrected chi connectivity index (χ1v) is 10.3. The van der Waals surface area contributed by atoms with Gasteiger partial charge in [-0.2, -0.15) is 5.26 Å². The van der Waals surface area contributed by atoms with E-state index in [1.807, 2.05) is 20.8 Å². The fourth-order valence-corrected chi connectivity index (χ4v) is 5.95. The number of carbonyl (C=O) groups is 3. The zero-order valence-electron chi connectivity index (χ0n) is 17.7. The number of allylic oxidation sites excluding steroid dienone is 1. The maximum absolute atomic E-state index is 13.7. The van der Waals surface area contributed by atoms with Crippen molar-refractivity contribution in [2.45, 2.75) is 46.6 Å². The molecule has 0 radical (unpaired) electrons. The van der Waals surface area contributed by atoms with Crippen LogP contribution in [-0.2, 0) is 14.3 Å². The van der Waals surface area contributed by atoms with Crippen molar-refractivity contribution in [1.29, 1.82) is 5.26 Å². The number of fused-ring (bicyclic) bond motifs is 4. The number of carbonyl (C=O) groups excluding carboxylic acids is 3. The highest BCUT2D eigenvalue weighted by atomic mass is 16.5. The summed E-state index contributed by atoms with van der Waals surface area (Å²) in [7, 11) is 0. The number of nitriles is 1. The van der Waals surface area contributed by atoms with Crippen LogP contribution in [0.15, 0.2) is 35.4 Å². The minimum atomic E-state index is -1.47. The lowest BCUT2D eigenvalue weighted by Crippen LogP contribution is -2.63. The molecule has 6 heteroatoms. The Bertz CT molecular complexity index is 1030. The molecule has 1 aromatic carbocycles. The molecule has 1 aromatic rings. The highest BCUT2D eigenvalue weighted by Gasteiger charge is 2.67. The summed E-state index contributed by atoms with van der Waals surface area (Å²) in [5.74, 6) is -1.60. The molecular formula is C24H25NO5. The van der Waals surface area contributed by atoms with Crippen LogP contribution in [-0.4, -0.2) is 30.2 Å². The summed E-state index contributed by atoms with van der Waals surface area (Å²) in [5.41, 5.74) is -0.711. The maximum Gasteiger partial charge on any atom is 0.334 e.